The predicted molar refractivity (Wildman–Crippen MR) is 74.5 cm³/mol. The molecular formula is C12H13BrF2N2O4. The number of H-pyrrole nitrogens is 1. The molecule has 0 aromatic carbocycles. The predicted octanol–water partition coefficient (Wildman–Crippen LogP) is 0.452. The number of aromatic nitrogens is 2. The highest BCUT2D eigenvalue weighted by Gasteiger charge is 2.57. The number of hydrogen-bond acceptors (Lipinski definition) is 4. The maximum Gasteiger partial charge on any atom is 0.328 e. The van der Waals surface area contributed by atoms with Gasteiger partial charge >= 0.3 is 5.69 Å². The second-order valence-corrected chi connectivity index (χ2v) is 5.35. The minimum absolute atomic E-state index is 0.0178. The molecule has 3 unspecified atom stereocenters. The number of nitrogens with zero attached hydrogens (tertiary/aromatic N) is 1. The van der Waals surface area contributed by atoms with E-state index in [1.807, 2.05) is 4.98 Å². The molecule has 1 aliphatic carbocycles. The number of rotatable bonds is 3. The summed E-state index contributed by atoms with van der Waals surface area (Å²) in [6.45, 7) is -0.892. The minimum atomic E-state index is -3.47. The normalized spacial score (nSPS) is 28.3. The second kappa shape index (κ2) is 5.82. The quantitative estimate of drug-likeness (QED) is 0.723. The van der Waals surface area contributed by atoms with Crippen molar-refractivity contribution in [3.63, 3.8) is 0 Å². The lowest BCUT2D eigenvalue weighted by Crippen LogP contribution is -2.41. The van der Waals surface area contributed by atoms with E-state index in [2.05, 4.69) is 15.9 Å². The molecule has 6 nitrogen and oxygen atoms in total. The molecule has 0 amide bonds. The summed E-state index contributed by atoms with van der Waals surface area (Å²) in [5.74, 6) is -5.11. The number of aliphatic hydroxyl groups is 2. The zero-order valence-corrected chi connectivity index (χ0v) is 12.3. The fourth-order valence-electron chi connectivity index (χ4n) is 2.52. The molecule has 0 saturated heterocycles. The van der Waals surface area contributed by atoms with Crippen LogP contribution in [-0.4, -0.2) is 38.4 Å². The van der Waals surface area contributed by atoms with Gasteiger partial charge < -0.3 is 10.2 Å². The van der Waals surface area contributed by atoms with Gasteiger partial charge in [0.15, 0.2) is 0 Å². The number of nitrogens with one attached hydrogen (secondary N) is 1. The highest BCUT2D eigenvalue weighted by molar-refractivity contribution is 9.11. The summed E-state index contributed by atoms with van der Waals surface area (Å²) in [6, 6.07) is -1.63. The van der Waals surface area contributed by atoms with E-state index in [9.17, 15) is 23.5 Å². The molecule has 3 N–H and O–H groups in total. The minimum Gasteiger partial charge on any atom is -0.396 e. The number of aliphatic hydroxyl groups excluding tert-OH is 2. The Balaban J connectivity index is 2.55. The SMILES string of the molecule is O=c1[nH]c(=O)n(C2CC(O)C(CO)C2(F)F)cc1/C=C/Br. The highest BCUT2D eigenvalue weighted by Crippen LogP contribution is 2.47. The molecule has 1 heterocycles. The van der Waals surface area contributed by atoms with Crippen molar-refractivity contribution in [3.8, 4) is 0 Å². The van der Waals surface area contributed by atoms with E-state index in [0.717, 1.165) is 6.20 Å². The standard InChI is InChI=1S/C12H13BrF2N2O4/c13-2-1-6-4-17(11(21)16-10(6)20)9-3-8(19)7(5-18)12(9,14)15/h1-2,4,7-9,18-19H,3,5H2,(H,16,20,21)/b2-1+. The van der Waals surface area contributed by atoms with E-state index < -0.39 is 41.8 Å². The average molecular weight is 367 g/mol. The van der Waals surface area contributed by atoms with Gasteiger partial charge in [0.1, 0.15) is 6.04 Å². The molecule has 2 rings (SSSR count). The van der Waals surface area contributed by atoms with Gasteiger partial charge in [-0.15, -0.1) is 0 Å². The summed E-state index contributed by atoms with van der Waals surface area (Å²) in [6.07, 6.45) is 0.511. The topological polar surface area (TPSA) is 95.3 Å². The first-order valence-electron chi connectivity index (χ1n) is 6.11. The molecule has 0 radical (unpaired) electrons. The smallest absolute Gasteiger partial charge is 0.328 e. The summed E-state index contributed by atoms with van der Waals surface area (Å²) in [7, 11) is 0. The van der Waals surface area contributed by atoms with Gasteiger partial charge in [-0.25, -0.2) is 13.6 Å². The second-order valence-electron chi connectivity index (χ2n) is 4.83. The van der Waals surface area contributed by atoms with E-state index in [0.29, 0.717) is 4.57 Å². The Morgan fingerprint density at radius 2 is 2.19 bits per heavy atom. The lowest BCUT2D eigenvalue weighted by Gasteiger charge is -2.25. The van der Waals surface area contributed by atoms with Crippen LogP contribution < -0.4 is 11.2 Å². The molecule has 1 aromatic heterocycles. The van der Waals surface area contributed by atoms with Crippen LogP contribution in [0.2, 0.25) is 0 Å². The molecule has 1 aliphatic rings. The van der Waals surface area contributed by atoms with Crippen LogP contribution in [0.3, 0.4) is 0 Å². The molecule has 116 valence electrons. The Kier molecular flexibility index (Phi) is 4.45. The number of aromatic amines is 1. The fraction of sp³-hybridized carbons (Fsp3) is 0.500. The molecule has 0 aliphatic heterocycles. The summed E-state index contributed by atoms with van der Waals surface area (Å²) < 4.78 is 29.1. The average Bonchev–Trinajstić information content (AvgIpc) is 2.62. The van der Waals surface area contributed by atoms with Crippen molar-refractivity contribution in [1.29, 1.82) is 0 Å². The van der Waals surface area contributed by atoms with E-state index in [1.54, 1.807) is 0 Å². The largest absolute Gasteiger partial charge is 0.396 e. The van der Waals surface area contributed by atoms with Crippen LogP contribution in [0.1, 0.15) is 18.0 Å². The summed E-state index contributed by atoms with van der Waals surface area (Å²) >= 11 is 2.96. The Bertz CT molecular complexity index is 670. The van der Waals surface area contributed by atoms with E-state index in [1.165, 1.54) is 11.1 Å². The zero-order valence-electron chi connectivity index (χ0n) is 10.7. The lowest BCUT2D eigenvalue weighted by atomic mass is 10.0. The number of halogens is 3. The van der Waals surface area contributed by atoms with Crippen molar-refractivity contribution in [2.24, 2.45) is 5.92 Å². The van der Waals surface area contributed by atoms with Crippen LogP contribution in [-0.2, 0) is 0 Å². The van der Waals surface area contributed by atoms with Crippen LogP contribution in [0.4, 0.5) is 8.78 Å². The Hall–Kier alpha value is -1.32. The summed E-state index contributed by atoms with van der Waals surface area (Å²) in [4.78, 5) is 26.6. The first-order valence-corrected chi connectivity index (χ1v) is 7.03. The summed E-state index contributed by atoms with van der Waals surface area (Å²) in [5.41, 5.74) is -1.67. The van der Waals surface area contributed by atoms with E-state index in [-0.39, 0.29) is 12.0 Å². The third-order valence-corrected chi connectivity index (χ3v) is 3.90. The van der Waals surface area contributed by atoms with Gasteiger partial charge in [0.2, 0.25) is 0 Å². The molecule has 1 fully saturated rings. The van der Waals surface area contributed by atoms with Crippen LogP contribution in [0.25, 0.3) is 6.08 Å². The van der Waals surface area contributed by atoms with Crippen LogP contribution in [0, 0.1) is 5.92 Å². The van der Waals surface area contributed by atoms with Crippen molar-refractivity contribution in [3.05, 3.63) is 37.6 Å². The number of alkyl halides is 2. The first kappa shape index (κ1) is 16.1. The maximum atomic E-state index is 14.2. The monoisotopic (exact) mass is 366 g/mol. The third kappa shape index (κ3) is 2.72. The molecule has 0 spiro atoms. The van der Waals surface area contributed by atoms with Crippen LogP contribution in [0.15, 0.2) is 20.8 Å². The molecule has 3 atom stereocenters. The van der Waals surface area contributed by atoms with Gasteiger partial charge in [-0.3, -0.25) is 14.3 Å². The Morgan fingerprint density at radius 3 is 2.71 bits per heavy atom. The van der Waals surface area contributed by atoms with Gasteiger partial charge in [-0.05, 0) is 11.1 Å². The molecule has 1 aromatic rings. The maximum absolute atomic E-state index is 14.2. The lowest BCUT2D eigenvalue weighted by molar-refractivity contribution is -0.101. The first-order chi connectivity index (χ1) is 9.82. The van der Waals surface area contributed by atoms with Gasteiger partial charge in [0.25, 0.3) is 11.5 Å². The molecular weight excluding hydrogens is 354 g/mol. The van der Waals surface area contributed by atoms with E-state index in [4.69, 9.17) is 5.11 Å². The van der Waals surface area contributed by atoms with Crippen molar-refractivity contribution in [2.45, 2.75) is 24.5 Å². The van der Waals surface area contributed by atoms with Crippen LogP contribution >= 0.6 is 15.9 Å². The molecule has 9 heteroatoms. The Morgan fingerprint density at radius 1 is 1.52 bits per heavy atom. The van der Waals surface area contributed by atoms with E-state index >= 15 is 0 Å². The fourth-order valence-corrected chi connectivity index (χ4v) is 2.80. The van der Waals surface area contributed by atoms with Crippen molar-refractivity contribution in [1.82, 2.24) is 9.55 Å². The zero-order chi connectivity index (χ0) is 15.8. The molecule has 0 bridgehead atoms. The highest BCUT2D eigenvalue weighted by atomic mass is 79.9. The summed E-state index contributed by atoms with van der Waals surface area (Å²) in [5, 5.41) is 18.6. The van der Waals surface area contributed by atoms with Gasteiger partial charge in [0, 0.05) is 12.6 Å². The molecule has 21 heavy (non-hydrogen) atoms. The van der Waals surface area contributed by atoms with Gasteiger partial charge in [0.05, 0.1) is 24.2 Å². The van der Waals surface area contributed by atoms with Gasteiger partial charge in [-0.1, -0.05) is 15.9 Å². The van der Waals surface area contributed by atoms with Crippen molar-refractivity contribution >= 4 is 22.0 Å². The third-order valence-electron chi connectivity index (χ3n) is 3.64. The Labute approximate surface area is 125 Å². The van der Waals surface area contributed by atoms with Gasteiger partial charge in [-0.2, -0.15) is 0 Å². The van der Waals surface area contributed by atoms with Crippen LogP contribution in [0.5, 0.6) is 0 Å². The molecule has 1 saturated carbocycles. The van der Waals surface area contributed by atoms with Crippen molar-refractivity contribution in [2.75, 3.05) is 6.61 Å². The van der Waals surface area contributed by atoms with Crippen molar-refractivity contribution < 1.29 is 19.0 Å². The number of hydrogen-bond donors (Lipinski definition) is 3.